The third-order valence-corrected chi connectivity index (χ3v) is 2.45. The van der Waals surface area contributed by atoms with E-state index in [0.29, 0.717) is 13.1 Å². The molecule has 1 amide bonds. The molecule has 1 rings (SSSR count). The smallest absolute Gasteiger partial charge is 0.234 e. The first-order valence-electron chi connectivity index (χ1n) is 5.72. The molecular formula is C14H18N2O. The predicted molar refractivity (Wildman–Crippen MR) is 69.2 cm³/mol. The average Bonchev–Trinajstić information content (AvgIpc) is 2.36. The second kappa shape index (κ2) is 7.48. The molecule has 0 bridgehead atoms. The Morgan fingerprint density at radius 2 is 2.12 bits per heavy atom. The number of hydrogen-bond donors (Lipinski definition) is 1. The number of hydrogen-bond acceptors (Lipinski definition) is 2. The molecule has 0 saturated heterocycles. The summed E-state index contributed by atoms with van der Waals surface area (Å²) in [6.07, 6.45) is 5.09. The van der Waals surface area contributed by atoms with E-state index in [-0.39, 0.29) is 5.91 Å². The van der Waals surface area contributed by atoms with Gasteiger partial charge in [-0.15, -0.1) is 6.42 Å². The van der Waals surface area contributed by atoms with Crippen LogP contribution in [-0.2, 0) is 11.3 Å². The van der Waals surface area contributed by atoms with Crippen LogP contribution in [0.1, 0.15) is 12.5 Å². The van der Waals surface area contributed by atoms with Crippen LogP contribution in [0.4, 0.5) is 0 Å². The van der Waals surface area contributed by atoms with Crippen LogP contribution in [0, 0.1) is 12.3 Å². The fourth-order valence-corrected chi connectivity index (χ4v) is 1.53. The topological polar surface area (TPSA) is 32.3 Å². The van der Waals surface area contributed by atoms with Crippen molar-refractivity contribution in [3.63, 3.8) is 0 Å². The Balaban J connectivity index is 2.44. The summed E-state index contributed by atoms with van der Waals surface area (Å²) in [5.41, 5.74) is 1.21. The minimum Gasteiger partial charge on any atom is -0.344 e. The molecule has 0 radical (unpaired) electrons. The summed E-state index contributed by atoms with van der Waals surface area (Å²) in [6, 6.07) is 10.1. The van der Waals surface area contributed by atoms with Crippen molar-refractivity contribution in [2.24, 2.45) is 0 Å². The summed E-state index contributed by atoms with van der Waals surface area (Å²) in [7, 11) is 0. The Hall–Kier alpha value is -1.79. The lowest BCUT2D eigenvalue weighted by molar-refractivity contribution is -0.122. The highest BCUT2D eigenvalue weighted by Gasteiger charge is 2.08. The van der Waals surface area contributed by atoms with Crippen molar-refractivity contribution in [2.75, 3.05) is 19.6 Å². The number of amides is 1. The zero-order valence-electron chi connectivity index (χ0n) is 10.1. The van der Waals surface area contributed by atoms with E-state index in [2.05, 4.69) is 28.3 Å². The Morgan fingerprint density at radius 1 is 1.41 bits per heavy atom. The van der Waals surface area contributed by atoms with Crippen LogP contribution < -0.4 is 5.32 Å². The zero-order valence-corrected chi connectivity index (χ0v) is 10.1. The standard InChI is InChI=1S/C14H18N2O/c1-3-10-15-14(17)12-16(4-2)11-13-8-6-5-7-9-13/h1,5-9H,4,10-12H2,2H3,(H,15,17). The molecule has 0 fully saturated rings. The van der Waals surface area contributed by atoms with Gasteiger partial charge in [0.25, 0.3) is 0 Å². The molecular weight excluding hydrogens is 212 g/mol. The summed E-state index contributed by atoms with van der Waals surface area (Å²) in [6.45, 7) is 4.32. The van der Waals surface area contributed by atoms with Gasteiger partial charge in [-0.1, -0.05) is 43.2 Å². The Kier molecular flexibility index (Phi) is 5.84. The van der Waals surface area contributed by atoms with Gasteiger partial charge in [0.05, 0.1) is 13.1 Å². The van der Waals surface area contributed by atoms with E-state index in [1.807, 2.05) is 25.1 Å². The molecule has 0 saturated carbocycles. The van der Waals surface area contributed by atoms with Gasteiger partial charge in [-0.3, -0.25) is 9.69 Å². The van der Waals surface area contributed by atoms with Gasteiger partial charge in [0.1, 0.15) is 0 Å². The second-order valence-corrected chi connectivity index (χ2v) is 3.77. The molecule has 0 atom stereocenters. The van der Waals surface area contributed by atoms with Gasteiger partial charge in [-0.05, 0) is 12.1 Å². The zero-order chi connectivity index (χ0) is 12.5. The fraction of sp³-hybridized carbons (Fsp3) is 0.357. The highest BCUT2D eigenvalue weighted by atomic mass is 16.2. The lowest BCUT2D eigenvalue weighted by Crippen LogP contribution is -2.36. The number of carbonyl (C=O) groups is 1. The molecule has 3 heteroatoms. The first kappa shape index (κ1) is 13.3. The van der Waals surface area contributed by atoms with Crippen molar-refractivity contribution in [3.05, 3.63) is 35.9 Å². The molecule has 0 heterocycles. The predicted octanol–water partition coefficient (Wildman–Crippen LogP) is 1.26. The summed E-state index contributed by atoms with van der Waals surface area (Å²) < 4.78 is 0. The maximum Gasteiger partial charge on any atom is 0.234 e. The van der Waals surface area contributed by atoms with Crippen molar-refractivity contribution < 1.29 is 4.79 Å². The number of nitrogens with one attached hydrogen (secondary N) is 1. The van der Waals surface area contributed by atoms with Crippen molar-refractivity contribution in [1.29, 1.82) is 0 Å². The van der Waals surface area contributed by atoms with Gasteiger partial charge < -0.3 is 5.32 Å². The molecule has 0 spiro atoms. The Bertz CT molecular complexity index is 381. The molecule has 1 aromatic rings. The van der Waals surface area contributed by atoms with E-state index < -0.39 is 0 Å². The molecule has 3 nitrogen and oxygen atoms in total. The second-order valence-electron chi connectivity index (χ2n) is 3.77. The number of nitrogens with zero attached hydrogens (tertiary/aromatic N) is 1. The summed E-state index contributed by atoms with van der Waals surface area (Å²) in [4.78, 5) is 13.6. The van der Waals surface area contributed by atoms with Crippen LogP contribution in [0.3, 0.4) is 0 Å². The van der Waals surface area contributed by atoms with Crippen molar-refractivity contribution in [2.45, 2.75) is 13.5 Å². The lowest BCUT2D eigenvalue weighted by atomic mass is 10.2. The van der Waals surface area contributed by atoms with E-state index in [1.54, 1.807) is 0 Å². The quantitative estimate of drug-likeness (QED) is 0.746. The molecule has 0 aromatic heterocycles. The maximum atomic E-state index is 11.5. The fourth-order valence-electron chi connectivity index (χ4n) is 1.53. The monoisotopic (exact) mass is 230 g/mol. The van der Waals surface area contributed by atoms with Crippen molar-refractivity contribution in [3.8, 4) is 12.3 Å². The molecule has 1 aromatic carbocycles. The van der Waals surface area contributed by atoms with Crippen LogP contribution in [0.5, 0.6) is 0 Å². The number of terminal acetylenes is 1. The van der Waals surface area contributed by atoms with E-state index in [1.165, 1.54) is 5.56 Å². The third kappa shape index (κ3) is 5.19. The van der Waals surface area contributed by atoms with Gasteiger partial charge in [0, 0.05) is 6.54 Å². The molecule has 0 unspecified atom stereocenters. The van der Waals surface area contributed by atoms with Crippen LogP contribution in [0.25, 0.3) is 0 Å². The molecule has 0 aliphatic carbocycles. The van der Waals surface area contributed by atoms with Gasteiger partial charge in [0.15, 0.2) is 0 Å². The molecule has 90 valence electrons. The lowest BCUT2D eigenvalue weighted by Gasteiger charge is -2.19. The van der Waals surface area contributed by atoms with E-state index in [4.69, 9.17) is 6.42 Å². The normalized spacial score (nSPS) is 9.94. The summed E-state index contributed by atoms with van der Waals surface area (Å²) >= 11 is 0. The summed E-state index contributed by atoms with van der Waals surface area (Å²) in [5, 5.41) is 2.67. The van der Waals surface area contributed by atoms with E-state index >= 15 is 0 Å². The van der Waals surface area contributed by atoms with Gasteiger partial charge in [-0.25, -0.2) is 0 Å². The molecule has 1 N–H and O–H groups in total. The highest BCUT2D eigenvalue weighted by molar-refractivity contribution is 5.78. The summed E-state index contributed by atoms with van der Waals surface area (Å²) in [5.74, 6) is 2.36. The van der Waals surface area contributed by atoms with E-state index in [9.17, 15) is 4.79 Å². The van der Waals surface area contributed by atoms with Crippen LogP contribution >= 0.6 is 0 Å². The molecule has 17 heavy (non-hydrogen) atoms. The Morgan fingerprint density at radius 3 is 2.71 bits per heavy atom. The van der Waals surface area contributed by atoms with Gasteiger partial charge in [-0.2, -0.15) is 0 Å². The first-order chi connectivity index (χ1) is 8.26. The largest absolute Gasteiger partial charge is 0.344 e. The van der Waals surface area contributed by atoms with Crippen molar-refractivity contribution >= 4 is 5.91 Å². The molecule has 0 aliphatic heterocycles. The average molecular weight is 230 g/mol. The van der Waals surface area contributed by atoms with Gasteiger partial charge >= 0.3 is 0 Å². The van der Waals surface area contributed by atoms with Crippen LogP contribution in [0.2, 0.25) is 0 Å². The number of benzene rings is 1. The SMILES string of the molecule is C#CCNC(=O)CN(CC)Cc1ccccc1. The van der Waals surface area contributed by atoms with Crippen molar-refractivity contribution in [1.82, 2.24) is 10.2 Å². The minimum atomic E-state index is -0.0271. The minimum absolute atomic E-state index is 0.0271. The third-order valence-electron chi connectivity index (χ3n) is 2.45. The van der Waals surface area contributed by atoms with E-state index in [0.717, 1.165) is 13.1 Å². The van der Waals surface area contributed by atoms with Gasteiger partial charge in [0.2, 0.25) is 5.91 Å². The Labute approximate surface area is 103 Å². The molecule has 0 aliphatic rings. The number of carbonyl (C=O) groups excluding carboxylic acids is 1. The number of rotatable bonds is 6. The van der Waals surface area contributed by atoms with Crippen LogP contribution in [-0.4, -0.2) is 30.4 Å². The maximum absolute atomic E-state index is 11.5. The first-order valence-corrected chi connectivity index (χ1v) is 5.72. The number of likely N-dealkylation sites (N-methyl/N-ethyl adjacent to an activating group) is 1. The van der Waals surface area contributed by atoms with Crippen LogP contribution in [0.15, 0.2) is 30.3 Å². The highest BCUT2D eigenvalue weighted by Crippen LogP contribution is 2.03.